The summed E-state index contributed by atoms with van der Waals surface area (Å²) >= 11 is 3.21. The number of rotatable bonds is 2. The standard InChI is InChI=1S/C14H11BrFNO/c1-9-2-4-10(5-3-9)14(18)17-13-7-6-11(16)8-12(13)15/h2-8H,1H3,(H,17,18). The van der Waals surface area contributed by atoms with Gasteiger partial charge in [-0.15, -0.1) is 0 Å². The highest BCUT2D eigenvalue weighted by Gasteiger charge is 2.08. The maximum atomic E-state index is 12.9. The molecule has 0 saturated heterocycles. The van der Waals surface area contributed by atoms with E-state index in [0.29, 0.717) is 15.7 Å². The third kappa shape index (κ3) is 2.96. The summed E-state index contributed by atoms with van der Waals surface area (Å²) in [4.78, 5) is 11.9. The molecule has 0 aliphatic carbocycles. The molecule has 1 N–H and O–H groups in total. The van der Waals surface area contributed by atoms with Gasteiger partial charge in [0.1, 0.15) is 5.82 Å². The van der Waals surface area contributed by atoms with Crippen molar-refractivity contribution in [3.63, 3.8) is 0 Å². The number of carbonyl (C=O) groups is 1. The molecule has 0 unspecified atom stereocenters. The molecule has 0 bridgehead atoms. The zero-order valence-corrected chi connectivity index (χ0v) is 11.3. The monoisotopic (exact) mass is 307 g/mol. The van der Waals surface area contributed by atoms with E-state index in [4.69, 9.17) is 0 Å². The van der Waals surface area contributed by atoms with Crippen LogP contribution >= 0.6 is 15.9 Å². The molecule has 92 valence electrons. The van der Waals surface area contributed by atoms with Crippen molar-refractivity contribution in [2.75, 3.05) is 5.32 Å². The molecule has 2 rings (SSSR count). The molecule has 2 nitrogen and oxygen atoms in total. The molecular weight excluding hydrogens is 297 g/mol. The van der Waals surface area contributed by atoms with E-state index >= 15 is 0 Å². The van der Waals surface area contributed by atoms with Gasteiger partial charge in [0, 0.05) is 10.0 Å². The van der Waals surface area contributed by atoms with Gasteiger partial charge in [-0.2, -0.15) is 0 Å². The van der Waals surface area contributed by atoms with Crippen molar-refractivity contribution in [1.29, 1.82) is 0 Å². The highest BCUT2D eigenvalue weighted by molar-refractivity contribution is 9.10. The van der Waals surface area contributed by atoms with Crippen LogP contribution in [0.4, 0.5) is 10.1 Å². The van der Waals surface area contributed by atoms with Crippen LogP contribution in [0.2, 0.25) is 0 Å². The van der Waals surface area contributed by atoms with E-state index in [-0.39, 0.29) is 11.7 Å². The number of hydrogen-bond donors (Lipinski definition) is 1. The molecule has 0 aliphatic heterocycles. The van der Waals surface area contributed by atoms with Crippen LogP contribution in [0.15, 0.2) is 46.9 Å². The average Bonchev–Trinajstić information content (AvgIpc) is 2.33. The van der Waals surface area contributed by atoms with Crippen LogP contribution in [0.5, 0.6) is 0 Å². The smallest absolute Gasteiger partial charge is 0.255 e. The molecule has 0 aliphatic rings. The first-order valence-corrected chi connectivity index (χ1v) is 6.18. The summed E-state index contributed by atoms with van der Waals surface area (Å²) in [5, 5.41) is 2.72. The zero-order chi connectivity index (χ0) is 13.1. The Morgan fingerprint density at radius 2 is 1.83 bits per heavy atom. The fourth-order valence-electron chi connectivity index (χ4n) is 1.49. The Morgan fingerprint density at radius 1 is 1.17 bits per heavy atom. The van der Waals surface area contributed by atoms with E-state index in [1.165, 1.54) is 18.2 Å². The first-order valence-electron chi connectivity index (χ1n) is 5.39. The largest absolute Gasteiger partial charge is 0.321 e. The van der Waals surface area contributed by atoms with Gasteiger partial charge in [0.05, 0.1) is 5.69 Å². The van der Waals surface area contributed by atoms with E-state index in [0.717, 1.165) is 5.56 Å². The summed E-state index contributed by atoms with van der Waals surface area (Å²) in [5.74, 6) is -0.572. The lowest BCUT2D eigenvalue weighted by Gasteiger charge is -2.07. The first kappa shape index (κ1) is 12.8. The second-order valence-corrected chi connectivity index (χ2v) is 4.80. The van der Waals surface area contributed by atoms with Gasteiger partial charge in [-0.1, -0.05) is 17.7 Å². The number of halogens is 2. The lowest BCUT2D eigenvalue weighted by Crippen LogP contribution is -2.12. The van der Waals surface area contributed by atoms with E-state index < -0.39 is 0 Å². The Labute approximate surface area is 113 Å². The summed E-state index contributed by atoms with van der Waals surface area (Å²) in [5.41, 5.74) is 2.20. The van der Waals surface area contributed by atoms with Crippen molar-refractivity contribution in [2.45, 2.75) is 6.92 Å². The molecule has 0 radical (unpaired) electrons. The van der Waals surface area contributed by atoms with E-state index in [1.54, 1.807) is 12.1 Å². The molecule has 18 heavy (non-hydrogen) atoms. The van der Waals surface area contributed by atoms with Crippen LogP contribution in [0.3, 0.4) is 0 Å². The van der Waals surface area contributed by atoms with Gasteiger partial charge in [0.25, 0.3) is 5.91 Å². The maximum absolute atomic E-state index is 12.9. The molecule has 4 heteroatoms. The predicted octanol–water partition coefficient (Wildman–Crippen LogP) is 4.15. The second-order valence-electron chi connectivity index (χ2n) is 3.94. The number of hydrogen-bond acceptors (Lipinski definition) is 1. The topological polar surface area (TPSA) is 29.1 Å². The predicted molar refractivity (Wildman–Crippen MR) is 73.2 cm³/mol. The summed E-state index contributed by atoms with van der Waals surface area (Å²) in [6, 6.07) is 11.4. The molecule has 0 fully saturated rings. The lowest BCUT2D eigenvalue weighted by molar-refractivity contribution is 0.102. The molecule has 2 aromatic rings. The van der Waals surface area contributed by atoms with Crippen molar-refractivity contribution in [3.8, 4) is 0 Å². The van der Waals surface area contributed by atoms with E-state index in [1.807, 2.05) is 19.1 Å². The Hall–Kier alpha value is -1.68. The van der Waals surface area contributed by atoms with Gasteiger partial charge < -0.3 is 5.32 Å². The minimum atomic E-state index is -0.352. The van der Waals surface area contributed by atoms with Crippen molar-refractivity contribution in [1.82, 2.24) is 0 Å². The average molecular weight is 308 g/mol. The molecule has 0 atom stereocenters. The number of amides is 1. The molecular formula is C14H11BrFNO. The highest BCUT2D eigenvalue weighted by atomic mass is 79.9. The van der Waals surface area contributed by atoms with Crippen LogP contribution in [0.1, 0.15) is 15.9 Å². The van der Waals surface area contributed by atoms with Gasteiger partial charge >= 0.3 is 0 Å². The van der Waals surface area contributed by atoms with Crippen molar-refractivity contribution < 1.29 is 9.18 Å². The normalized spacial score (nSPS) is 10.2. The van der Waals surface area contributed by atoms with Gasteiger partial charge in [0.15, 0.2) is 0 Å². The molecule has 0 saturated carbocycles. The number of anilines is 1. The number of aryl methyl sites for hydroxylation is 1. The fraction of sp³-hybridized carbons (Fsp3) is 0.0714. The van der Waals surface area contributed by atoms with Gasteiger partial charge in [-0.3, -0.25) is 4.79 Å². The minimum absolute atomic E-state index is 0.220. The summed E-state index contributed by atoms with van der Waals surface area (Å²) in [6.45, 7) is 1.96. The maximum Gasteiger partial charge on any atom is 0.255 e. The van der Waals surface area contributed by atoms with E-state index in [2.05, 4.69) is 21.2 Å². The third-order valence-electron chi connectivity index (χ3n) is 2.49. The Bertz CT molecular complexity index is 581. The number of carbonyl (C=O) groups excluding carboxylic acids is 1. The minimum Gasteiger partial charge on any atom is -0.321 e. The summed E-state index contributed by atoms with van der Waals surface area (Å²) in [6.07, 6.45) is 0. The molecule has 2 aromatic carbocycles. The SMILES string of the molecule is Cc1ccc(C(=O)Nc2ccc(F)cc2Br)cc1. The zero-order valence-electron chi connectivity index (χ0n) is 9.71. The van der Waals surface area contributed by atoms with Crippen molar-refractivity contribution in [2.24, 2.45) is 0 Å². The van der Waals surface area contributed by atoms with Crippen LogP contribution in [-0.4, -0.2) is 5.91 Å². The van der Waals surface area contributed by atoms with Gasteiger partial charge in [-0.25, -0.2) is 4.39 Å². The molecule has 0 heterocycles. The van der Waals surface area contributed by atoms with Gasteiger partial charge in [-0.05, 0) is 53.2 Å². The second kappa shape index (κ2) is 5.31. The van der Waals surface area contributed by atoms with Crippen molar-refractivity contribution >= 4 is 27.5 Å². The first-order chi connectivity index (χ1) is 8.56. The van der Waals surface area contributed by atoms with Crippen LogP contribution in [-0.2, 0) is 0 Å². The molecule has 1 amide bonds. The number of benzene rings is 2. The Kier molecular flexibility index (Phi) is 3.77. The van der Waals surface area contributed by atoms with Gasteiger partial charge in [0.2, 0.25) is 0 Å². The van der Waals surface area contributed by atoms with Crippen LogP contribution in [0, 0.1) is 12.7 Å². The van der Waals surface area contributed by atoms with Crippen molar-refractivity contribution in [3.05, 3.63) is 63.9 Å². The number of nitrogens with one attached hydrogen (secondary N) is 1. The Balaban J connectivity index is 2.18. The van der Waals surface area contributed by atoms with E-state index in [9.17, 15) is 9.18 Å². The fourth-order valence-corrected chi connectivity index (χ4v) is 1.94. The lowest BCUT2D eigenvalue weighted by atomic mass is 10.1. The summed E-state index contributed by atoms with van der Waals surface area (Å²) in [7, 11) is 0. The molecule has 0 spiro atoms. The molecule has 0 aromatic heterocycles. The highest BCUT2D eigenvalue weighted by Crippen LogP contribution is 2.23. The third-order valence-corrected chi connectivity index (χ3v) is 3.15. The Morgan fingerprint density at radius 3 is 2.44 bits per heavy atom. The van der Waals surface area contributed by atoms with Crippen LogP contribution < -0.4 is 5.32 Å². The van der Waals surface area contributed by atoms with Crippen LogP contribution in [0.25, 0.3) is 0 Å². The quantitative estimate of drug-likeness (QED) is 0.887. The summed E-state index contributed by atoms with van der Waals surface area (Å²) < 4.78 is 13.4.